The molecule has 3 nitrogen and oxygen atoms in total. The predicted octanol–water partition coefficient (Wildman–Crippen LogP) is 1.14. The normalized spacial score (nSPS) is 10.7. The number of aromatic nitrogens is 1. The maximum atomic E-state index is 11.4. The monoisotopic (exact) mass is 200 g/mol. The van der Waals surface area contributed by atoms with Crippen LogP contribution in [0.2, 0.25) is 0 Å². The Morgan fingerprint density at radius 1 is 1.46 bits per heavy atom. The SMILES string of the molecule is CNCCCn1c(C)c(C)sc1=O. The summed E-state index contributed by atoms with van der Waals surface area (Å²) >= 11 is 1.34. The van der Waals surface area contributed by atoms with Gasteiger partial charge in [-0.25, -0.2) is 0 Å². The molecular weight excluding hydrogens is 184 g/mol. The summed E-state index contributed by atoms with van der Waals surface area (Å²) in [5.74, 6) is 0. The lowest BCUT2D eigenvalue weighted by Crippen LogP contribution is -2.18. The number of rotatable bonds is 4. The van der Waals surface area contributed by atoms with E-state index in [0.29, 0.717) is 0 Å². The second-order valence-corrected chi connectivity index (χ2v) is 4.28. The number of hydrogen-bond donors (Lipinski definition) is 1. The van der Waals surface area contributed by atoms with Gasteiger partial charge in [0.25, 0.3) is 0 Å². The highest BCUT2D eigenvalue weighted by Gasteiger charge is 2.05. The van der Waals surface area contributed by atoms with E-state index in [1.807, 2.05) is 25.5 Å². The van der Waals surface area contributed by atoms with E-state index in [4.69, 9.17) is 0 Å². The Morgan fingerprint density at radius 2 is 2.15 bits per heavy atom. The van der Waals surface area contributed by atoms with Crippen LogP contribution in [0, 0.1) is 13.8 Å². The van der Waals surface area contributed by atoms with Crippen molar-refractivity contribution in [2.75, 3.05) is 13.6 Å². The van der Waals surface area contributed by atoms with Crippen LogP contribution in [0.5, 0.6) is 0 Å². The molecule has 4 heteroatoms. The lowest BCUT2D eigenvalue weighted by atomic mass is 10.3. The Labute approximate surface area is 82.4 Å². The third kappa shape index (κ3) is 2.42. The highest BCUT2D eigenvalue weighted by Crippen LogP contribution is 2.09. The smallest absolute Gasteiger partial charge is 0.307 e. The minimum atomic E-state index is 0.172. The van der Waals surface area contributed by atoms with Crippen LogP contribution >= 0.6 is 11.3 Å². The molecule has 1 rings (SSSR count). The van der Waals surface area contributed by atoms with Gasteiger partial charge in [-0.2, -0.15) is 0 Å². The van der Waals surface area contributed by atoms with Gasteiger partial charge in [-0.1, -0.05) is 11.3 Å². The van der Waals surface area contributed by atoms with Crippen molar-refractivity contribution in [1.82, 2.24) is 9.88 Å². The van der Waals surface area contributed by atoms with Crippen LogP contribution in [0.4, 0.5) is 0 Å². The molecule has 1 aromatic heterocycles. The van der Waals surface area contributed by atoms with Crippen molar-refractivity contribution in [3.63, 3.8) is 0 Å². The molecule has 0 atom stereocenters. The highest BCUT2D eigenvalue weighted by molar-refractivity contribution is 7.09. The van der Waals surface area contributed by atoms with Gasteiger partial charge in [0.1, 0.15) is 0 Å². The minimum absolute atomic E-state index is 0.172. The zero-order chi connectivity index (χ0) is 9.84. The van der Waals surface area contributed by atoms with Crippen LogP contribution in [0.25, 0.3) is 0 Å². The van der Waals surface area contributed by atoms with E-state index in [9.17, 15) is 4.79 Å². The molecular formula is C9H16N2OS. The van der Waals surface area contributed by atoms with Crippen molar-refractivity contribution in [3.05, 3.63) is 20.2 Å². The van der Waals surface area contributed by atoms with Crippen molar-refractivity contribution < 1.29 is 0 Å². The predicted molar refractivity (Wildman–Crippen MR) is 56.6 cm³/mol. The molecule has 1 heterocycles. The molecule has 0 spiro atoms. The molecule has 0 aromatic carbocycles. The number of hydrogen-bond acceptors (Lipinski definition) is 3. The molecule has 0 saturated heterocycles. The topological polar surface area (TPSA) is 34.0 Å². The van der Waals surface area contributed by atoms with E-state index in [-0.39, 0.29) is 4.87 Å². The van der Waals surface area contributed by atoms with Gasteiger partial charge in [-0.05, 0) is 33.9 Å². The fourth-order valence-electron chi connectivity index (χ4n) is 1.26. The molecule has 0 unspecified atom stereocenters. The van der Waals surface area contributed by atoms with Crippen LogP contribution in [0.15, 0.2) is 4.79 Å². The maximum absolute atomic E-state index is 11.4. The Kier molecular flexibility index (Phi) is 3.69. The minimum Gasteiger partial charge on any atom is -0.320 e. The first-order chi connectivity index (χ1) is 6.16. The largest absolute Gasteiger partial charge is 0.320 e. The Morgan fingerprint density at radius 3 is 2.62 bits per heavy atom. The second kappa shape index (κ2) is 4.58. The Bertz CT molecular complexity index is 327. The van der Waals surface area contributed by atoms with Crippen molar-refractivity contribution in [1.29, 1.82) is 0 Å². The molecule has 0 bridgehead atoms. The summed E-state index contributed by atoms with van der Waals surface area (Å²) in [7, 11) is 1.93. The molecule has 0 amide bonds. The van der Waals surface area contributed by atoms with Crippen molar-refractivity contribution >= 4 is 11.3 Å². The average Bonchev–Trinajstić information content (AvgIpc) is 2.32. The van der Waals surface area contributed by atoms with Crippen molar-refractivity contribution in [3.8, 4) is 0 Å². The van der Waals surface area contributed by atoms with Gasteiger partial charge in [-0.15, -0.1) is 0 Å². The molecule has 0 fully saturated rings. The Hall–Kier alpha value is -0.610. The molecule has 74 valence electrons. The van der Waals surface area contributed by atoms with E-state index < -0.39 is 0 Å². The van der Waals surface area contributed by atoms with Crippen LogP contribution in [0.1, 0.15) is 17.0 Å². The van der Waals surface area contributed by atoms with Gasteiger partial charge in [0.15, 0.2) is 0 Å². The van der Waals surface area contributed by atoms with E-state index in [1.165, 1.54) is 11.3 Å². The van der Waals surface area contributed by atoms with Crippen LogP contribution < -0.4 is 10.2 Å². The quantitative estimate of drug-likeness (QED) is 0.739. The molecule has 13 heavy (non-hydrogen) atoms. The number of aryl methyl sites for hydroxylation is 1. The molecule has 0 saturated carbocycles. The highest BCUT2D eigenvalue weighted by atomic mass is 32.1. The summed E-state index contributed by atoms with van der Waals surface area (Å²) in [5.41, 5.74) is 1.12. The second-order valence-electron chi connectivity index (χ2n) is 3.12. The first kappa shape index (κ1) is 10.5. The van der Waals surface area contributed by atoms with Crippen molar-refractivity contribution in [2.45, 2.75) is 26.8 Å². The van der Waals surface area contributed by atoms with Crippen LogP contribution in [0.3, 0.4) is 0 Å². The summed E-state index contributed by atoms with van der Waals surface area (Å²) in [6, 6.07) is 0. The fraction of sp³-hybridized carbons (Fsp3) is 0.667. The number of nitrogens with zero attached hydrogens (tertiary/aromatic N) is 1. The zero-order valence-electron chi connectivity index (χ0n) is 8.39. The van der Waals surface area contributed by atoms with Crippen LogP contribution in [-0.4, -0.2) is 18.2 Å². The van der Waals surface area contributed by atoms with Crippen LogP contribution in [-0.2, 0) is 6.54 Å². The van der Waals surface area contributed by atoms with Crippen molar-refractivity contribution in [2.24, 2.45) is 0 Å². The van der Waals surface area contributed by atoms with E-state index in [2.05, 4.69) is 5.32 Å². The van der Waals surface area contributed by atoms with E-state index >= 15 is 0 Å². The Balaban J connectivity index is 2.70. The lowest BCUT2D eigenvalue weighted by molar-refractivity contribution is 0.595. The summed E-state index contributed by atoms with van der Waals surface area (Å²) in [4.78, 5) is 12.7. The molecule has 0 aliphatic rings. The maximum Gasteiger partial charge on any atom is 0.307 e. The molecule has 0 radical (unpaired) electrons. The van der Waals surface area contributed by atoms with Gasteiger partial charge in [0, 0.05) is 17.1 Å². The van der Waals surface area contributed by atoms with Gasteiger partial charge in [0.2, 0.25) is 0 Å². The van der Waals surface area contributed by atoms with Gasteiger partial charge in [0.05, 0.1) is 0 Å². The van der Waals surface area contributed by atoms with E-state index in [0.717, 1.165) is 30.1 Å². The van der Waals surface area contributed by atoms with E-state index in [1.54, 1.807) is 0 Å². The fourth-order valence-corrected chi connectivity index (χ4v) is 2.12. The lowest BCUT2D eigenvalue weighted by Gasteiger charge is -2.03. The number of nitrogens with one attached hydrogen (secondary N) is 1. The standard InChI is InChI=1S/C9H16N2OS/c1-7-8(2)13-9(12)11(7)6-4-5-10-3/h10H,4-6H2,1-3H3. The van der Waals surface area contributed by atoms with Gasteiger partial charge in [-0.3, -0.25) is 4.79 Å². The summed E-state index contributed by atoms with van der Waals surface area (Å²) < 4.78 is 1.86. The molecule has 1 N–H and O–H groups in total. The zero-order valence-corrected chi connectivity index (χ0v) is 9.20. The summed E-state index contributed by atoms with van der Waals surface area (Å²) in [6.45, 7) is 5.79. The first-order valence-electron chi connectivity index (χ1n) is 4.48. The average molecular weight is 200 g/mol. The third-order valence-electron chi connectivity index (χ3n) is 2.18. The van der Waals surface area contributed by atoms with Gasteiger partial charge < -0.3 is 9.88 Å². The first-order valence-corrected chi connectivity index (χ1v) is 5.30. The third-order valence-corrected chi connectivity index (χ3v) is 3.18. The summed E-state index contributed by atoms with van der Waals surface area (Å²) in [5, 5.41) is 3.07. The van der Waals surface area contributed by atoms with Gasteiger partial charge >= 0.3 is 4.87 Å². The summed E-state index contributed by atoms with van der Waals surface area (Å²) in [6.07, 6.45) is 1.01. The molecule has 0 aliphatic heterocycles. The molecule has 1 aromatic rings. The molecule has 0 aliphatic carbocycles. The number of thiazole rings is 1.